The van der Waals surface area contributed by atoms with E-state index in [4.69, 9.17) is 0 Å². The molecule has 38 heavy (non-hydrogen) atoms. The van der Waals surface area contributed by atoms with Crippen LogP contribution in [0.2, 0.25) is 0 Å². The third-order valence-corrected chi connectivity index (χ3v) is 9.22. The molecule has 0 aliphatic rings. The minimum Gasteiger partial charge on any atom is -0.507 e. The molecule has 200 valence electrons. The third-order valence-electron chi connectivity index (χ3n) is 6.68. The maximum atomic E-state index is 9.57. The second-order valence-corrected chi connectivity index (χ2v) is 13.3. The van der Waals surface area contributed by atoms with Crippen LogP contribution in [-0.2, 0) is 10.8 Å². The molecule has 4 N–H and O–H groups in total. The van der Waals surface area contributed by atoms with Crippen LogP contribution >= 0.6 is 63.7 Å². The lowest BCUT2D eigenvalue weighted by Crippen LogP contribution is -2.18. The van der Waals surface area contributed by atoms with E-state index in [1.165, 1.54) is 0 Å². The zero-order valence-corrected chi connectivity index (χ0v) is 27.6. The summed E-state index contributed by atoms with van der Waals surface area (Å²) >= 11 is 13.4. The molecule has 0 radical (unpaired) electrons. The second kappa shape index (κ2) is 12.0. The molecule has 0 fully saturated rings. The Morgan fingerprint density at radius 1 is 0.395 bits per heavy atom. The molecule has 0 amide bonds. The molecule has 4 aromatic carbocycles. The van der Waals surface area contributed by atoms with E-state index in [0.29, 0.717) is 17.9 Å². The molecule has 4 aromatic rings. The summed E-state index contributed by atoms with van der Waals surface area (Å²) in [5.41, 5.74) is 3.85. The maximum Gasteiger partial charge on any atom is 0.129 e. The van der Waals surface area contributed by atoms with E-state index < -0.39 is 0 Å². The Hall–Kier alpha value is -2.00. The summed E-state index contributed by atoms with van der Waals surface area (Å²) in [6.45, 7) is 8.41. The molecule has 0 atom stereocenters. The Morgan fingerprint density at radius 3 is 0.737 bits per heavy atom. The van der Waals surface area contributed by atoms with Gasteiger partial charge in [0.1, 0.15) is 23.0 Å². The van der Waals surface area contributed by atoms with E-state index in [1.54, 1.807) is 24.3 Å². The first kappa shape index (κ1) is 30.5. The monoisotopic (exact) mass is 768 g/mol. The summed E-state index contributed by atoms with van der Waals surface area (Å²) in [6, 6.07) is 22.0. The number of hydrogen-bond donors (Lipinski definition) is 4. The minimum atomic E-state index is -0.230. The van der Waals surface area contributed by atoms with Gasteiger partial charge in [0.15, 0.2) is 0 Å². The van der Waals surface area contributed by atoms with Gasteiger partial charge in [0.2, 0.25) is 0 Å². The van der Waals surface area contributed by atoms with Crippen molar-refractivity contribution in [1.29, 1.82) is 0 Å². The van der Waals surface area contributed by atoms with Crippen molar-refractivity contribution >= 4 is 63.7 Å². The lowest BCUT2D eigenvalue weighted by molar-refractivity contribution is 0.469. The summed E-state index contributed by atoms with van der Waals surface area (Å²) in [6.07, 6.45) is 0. The van der Waals surface area contributed by atoms with Gasteiger partial charge in [0, 0.05) is 10.8 Å². The first-order valence-electron chi connectivity index (χ1n) is 11.6. The quantitative estimate of drug-likeness (QED) is 0.167. The molecule has 8 heteroatoms. The predicted octanol–water partition coefficient (Wildman–Crippen LogP) is 9.90. The normalized spacial score (nSPS) is 11.6. The fourth-order valence-corrected chi connectivity index (χ4v) is 5.43. The zero-order chi connectivity index (χ0) is 28.4. The van der Waals surface area contributed by atoms with Crippen molar-refractivity contribution in [3.63, 3.8) is 0 Å². The fourth-order valence-electron chi connectivity index (χ4n) is 3.92. The zero-order valence-electron chi connectivity index (χ0n) is 21.2. The van der Waals surface area contributed by atoms with Gasteiger partial charge in [-0.1, -0.05) is 52.0 Å². The van der Waals surface area contributed by atoms with Gasteiger partial charge in [-0.15, -0.1) is 0 Å². The van der Waals surface area contributed by atoms with Crippen molar-refractivity contribution in [2.45, 2.75) is 38.5 Å². The highest BCUT2D eigenvalue weighted by Crippen LogP contribution is 2.39. The molecule has 0 unspecified atom stereocenters. The number of phenolic OH excluding ortho intramolecular Hbond substituents is 4. The Bertz CT molecular complexity index is 1250. The summed E-state index contributed by atoms with van der Waals surface area (Å²) in [4.78, 5) is 0. The number of benzene rings is 4. The van der Waals surface area contributed by atoms with Crippen molar-refractivity contribution in [2.75, 3.05) is 0 Å². The molecule has 0 aliphatic heterocycles. The number of aromatic hydroxyl groups is 4. The Labute approximate surface area is 256 Å². The van der Waals surface area contributed by atoms with E-state index in [0.717, 1.165) is 22.3 Å². The van der Waals surface area contributed by atoms with Gasteiger partial charge in [0.05, 0.1) is 17.9 Å². The first-order chi connectivity index (χ1) is 17.6. The van der Waals surface area contributed by atoms with E-state index in [1.807, 2.05) is 48.5 Å². The lowest BCUT2D eigenvalue weighted by Gasteiger charge is -2.27. The SMILES string of the molecule is CC(C)(c1ccc(O)c(Br)c1)c1ccc(O)c(Br)c1.CC(C)(c1ccc(O)c(Br)c1)c1ccc(O)c(Br)c1. The Balaban J connectivity index is 0.000000211. The Morgan fingerprint density at radius 2 is 0.579 bits per heavy atom. The van der Waals surface area contributed by atoms with Gasteiger partial charge in [-0.05, 0) is 135 Å². The number of phenols is 4. The van der Waals surface area contributed by atoms with Gasteiger partial charge >= 0.3 is 0 Å². The summed E-state index contributed by atoms with van der Waals surface area (Å²) in [7, 11) is 0. The summed E-state index contributed by atoms with van der Waals surface area (Å²) in [5.74, 6) is 0.913. The fraction of sp³-hybridized carbons (Fsp3) is 0.200. The van der Waals surface area contributed by atoms with Gasteiger partial charge in [0.25, 0.3) is 0 Å². The van der Waals surface area contributed by atoms with Gasteiger partial charge in [-0.2, -0.15) is 0 Å². The number of rotatable bonds is 4. The largest absolute Gasteiger partial charge is 0.507 e. The average molecular weight is 772 g/mol. The van der Waals surface area contributed by atoms with Crippen LogP contribution in [-0.4, -0.2) is 20.4 Å². The molecule has 0 spiro atoms. The smallest absolute Gasteiger partial charge is 0.129 e. The van der Waals surface area contributed by atoms with Crippen LogP contribution in [0.3, 0.4) is 0 Å². The van der Waals surface area contributed by atoms with Crippen molar-refractivity contribution in [2.24, 2.45) is 0 Å². The molecular formula is C30H28Br4O4. The van der Waals surface area contributed by atoms with Gasteiger partial charge in [-0.3, -0.25) is 0 Å². The van der Waals surface area contributed by atoms with E-state index >= 15 is 0 Å². The highest BCUT2D eigenvalue weighted by atomic mass is 79.9. The topological polar surface area (TPSA) is 80.9 Å². The van der Waals surface area contributed by atoms with E-state index in [2.05, 4.69) is 91.4 Å². The molecule has 4 nitrogen and oxygen atoms in total. The minimum absolute atomic E-state index is 0.228. The van der Waals surface area contributed by atoms with Crippen molar-refractivity contribution in [3.05, 3.63) is 113 Å². The first-order valence-corrected chi connectivity index (χ1v) is 14.8. The van der Waals surface area contributed by atoms with Crippen LogP contribution in [0, 0.1) is 0 Å². The predicted molar refractivity (Wildman–Crippen MR) is 167 cm³/mol. The van der Waals surface area contributed by atoms with Crippen molar-refractivity contribution in [3.8, 4) is 23.0 Å². The summed E-state index contributed by atoms with van der Waals surface area (Å²) < 4.78 is 2.71. The molecule has 0 aromatic heterocycles. The van der Waals surface area contributed by atoms with Crippen LogP contribution in [0.5, 0.6) is 23.0 Å². The van der Waals surface area contributed by atoms with Crippen LogP contribution < -0.4 is 0 Å². The number of hydrogen-bond acceptors (Lipinski definition) is 4. The highest BCUT2D eigenvalue weighted by molar-refractivity contribution is 9.11. The van der Waals surface area contributed by atoms with Crippen LogP contribution in [0.4, 0.5) is 0 Å². The second-order valence-electron chi connectivity index (χ2n) is 9.91. The molecular weight excluding hydrogens is 744 g/mol. The average Bonchev–Trinajstić information content (AvgIpc) is 2.86. The van der Waals surface area contributed by atoms with Crippen LogP contribution in [0.25, 0.3) is 0 Å². The summed E-state index contributed by atoms with van der Waals surface area (Å²) in [5, 5.41) is 38.3. The van der Waals surface area contributed by atoms with E-state index in [9.17, 15) is 20.4 Å². The van der Waals surface area contributed by atoms with Crippen LogP contribution in [0.1, 0.15) is 49.9 Å². The van der Waals surface area contributed by atoms with Crippen molar-refractivity contribution in [1.82, 2.24) is 0 Å². The Kier molecular flexibility index (Phi) is 9.67. The molecule has 0 saturated carbocycles. The van der Waals surface area contributed by atoms with Crippen molar-refractivity contribution < 1.29 is 20.4 Å². The van der Waals surface area contributed by atoms with Gasteiger partial charge < -0.3 is 20.4 Å². The molecule has 0 aliphatic carbocycles. The van der Waals surface area contributed by atoms with E-state index in [-0.39, 0.29) is 33.8 Å². The number of halogens is 4. The van der Waals surface area contributed by atoms with Gasteiger partial charge in [-0.25, -0.2) is 0 Å². The maximum absolute atomic E-state index is 9.57. The molecule has 0 bridgehead atoms. The molecule has 0 saturated heterocycles. The molecule has 4 rings (SSSR count). The third kappa shape index (κ3) is 6.76. The standard InChI is InChI=1S/2C15H14Br2O2/c2*1-15(2,9-3-5-13(18)11(16)7-9)10-4-6-14(19)12(17)8-10/h2*3-8,18-19H,1-2H3. The molecule has 0 heterocycles. The lowest BCUT2D eigenvalue weighted by atomic mass is 9.78. The highest BCUT2D eigenvalue weighted by Gasteiger charge is 2.25. The van der Waals surface area contributed by atoms with Crippen LogP contribution in [0.15, 0.2) is 90.7 Å².